The molecule has 0 aromatic carbocycles. The first-order valence-electron chi connectivity index (χ1n) is 6.53. The summed E-state index contributed by atoms with van der Waals surface area (Å²) in [5, 5.41) is 0. The van der Waals surface area contributed by atoms with Crippen LogP contribution in [0.2, 0.25) is 0 Å². The first kappa shape index (κ1) is 12.8. The van der Waals surface area contributed by atoms with Crippen molar-refractivity contribution >= 4 is 11.9 Å². The summed E-state index contributed by atoms with van der Waals surface area (Å²) >= 11 is 0. The highest BCUT2D eigenvalue weighted by molar-refractivity contribution is 5.78. The lowest BCUT2D eigenvalue weighted by Gasteiger charge is -2.35. The van der Waals surface area contributed by atoms with E-state index >= 15 is 0 Å². The fraction of sp³-hybridized carbons (Fsp3) is 0.615. The molecule has 18 heavy (non-hydrogen) atoms. The van der Waals surface area contributed by atoms with Crippen molar-refractivity contribution in [3.8, 4) is 0 Å². The van der Waals surface area contributed by atoms with Crippen molar-refractivity contribution in [1.82, 2.24) is 14.9 Å². The number of anilines is 1. The first-order chi connectivity index (χ1) is 8.72. The Balaban J connectivity index is 1.90. The van der Waals surface area contributed by atoms with Crippen LogP contribution in [0, 0.1) is 5.92 Å². The summed E-state index contributed by atoms with van der Waals surface area (Å²) in [6, 6.07) is 1.81. The molecule has 1 saturated heterocycles. The molecule has 2 rings (SSSR count). The van der Waals surface area contributed by atoms with Crippen LogP contribution in [0.4, 0.5) is 5.95 Å². The molecule has 98 valence electrons. The van der Waals surface area contributed by atoms with E-state index in [1.54, 1.807) is 12.4 Å². The van der Waals surface area contributed by atoms with Gasteiger partial charge in [0.15, 0.2) is 0 Å². The molecule has 1 aromatic heterocycles. The van der Waals surface area contributed by atoms with Crippen molar-refractivity contribution < 1.29 is 4.79 Å². The van der Waals surface area contributed by atoms with E-state index < -0.39 is 0 Å². The molecule has 5 heteroatoms. The quantitative estimate of drug-likeness (QED) is 0.805. The molecule has 1 fully saturated rings. The number of aromatic nitrogens is 2. The molecule has 0 bridgehead atoms. The second-order valence-corrected chi connectivity index (χ2v) is 4.67. The zero-order valence-corrected chi connectivity index (χ0v) is 11.0. The van der Waals surface area contributed by atoms with Gasteiger partial charge in [-0.2, -0.15) is 0 Å². The van der Waals surface area contributed by atoms with Gasteiger partial charge in [0.05, 0.1) is 0 Å². The van der Waals surface area contributed by atoms with Gasteiger partial charge in [0.25, 0.3) is 0 Å². The number of piperazine rings is 1. The van der Waals surface area contributed by atoms with E-state index in [9.17, 15) is 4.79 Å². The molecule has 0 radical (unpaired) electrons. The number of hydrogen-bond acceptors (Lipinski definition) is 4. The van der Waals surface area contributed by atoms with Crippen molar-refractivity contribution in [2.45, 2.75) is 20.3 Å². The molecule has 0 N–H and O–H groups in total. The van der Waals surface area contributed by atoms with Crippen LogP contribution in [0.1, 0.15) is 20.3 Å². The molecule has 1 unspecified atom stereocenters. The summed E-state index contributed by atoms with van der Waals surface area (Å²) in [6.45, 7) is 7.20. The summed E-state index contributed by atoms with van der Waals surface area (Å²) in [6.07, 6.45) is 4.40. The third-order valence-electron chi connectivity index (χ3n) is 3.46. The zero-order chi connectivity index (χ0) is 13.0. The molecule has 0 saturated carbocycles. The molecule has 0 spiro atoms. The lowest BCUT2D eigenvalue weighted by Crippen LogP contribution is -2.50. The van der Waals surface area contributed by atoms with E-state index in [4.69, 9.17) is 0 Å². The van der Waals surface area contributed by atoms with Crippen LogP contribution < -0.4 is 4.90 Å². The largest absolute Gasteiger partial charge is 0.339 e. The maximum absolute atomic E-state index is 12.0. The monoisotopic (exact) mass is 248 g/mol. The van der Waals surface area contributed by atoms with Gasteiger partial charge in [-0.1, -0.05) is 13.8 Å². The summed E-state index contributed by atoms with van der Waals surface area (Å²) in [5.41, 5.74) is 0. The number of amides is 1. The number of nitrogens with zero attached hydrogens (tertiary/aromatic N) is 4. The van der Waals surface area contributed by atoms with Crippen LogP contribution in [-0.4, -0.2) is 47.0 Å². The van der Waals surface area contributed by atoms with E-state index in [1.165, 1.54) is 0 Å². The number of hydrogen-bond donors (Lipinski definition) is 0. The number of carbonyl (C=O) groups is 1. The summed E-state index contributed by atoms with van der Waals surface area (Å²) in [5.74, 6) is 1.16. The third-order valence-corrected chi connectivity index (χ3v) is 3.46. The van der Waals surface area contributed by atoms with Gasteiger partial charge in [-0.3, -0.25) is 4.79 Å². The minimum absolute atomic E-state index is 0.129. The maximum atomic E-state index is 12.0. The van der Waals surface area contributed by atoms with E-state index in [0.29, 0.717) is 0 Å². The average molecular weight is 248 g/mol. The Morgan fingerprint density at radius 3 is 2.44 bits per heavy atom. The molecule has 1 aliphatic rings. The zero-order valence-electron chi connectivity index (χ0n) is 11.0. The Morgan fingerprint density at radius 1 is 1.28 bits per heavy atom. The Bertz CT molecular complexity index is 387. The van der Waals surface area contributed by atoms with E-state index in [-0.39, 0.29) is 11.8 Å². The maximum Gasteiger partial charge on any atom is 0.225 e. The molecule has 1 atom stereocenters. The van der Waals surface area contributed by atoms with Crippen LogP contribution in [0.15, 0.2) is 18.5 Å². The topological polar surface area (TPSA) is 49.3 Å². The second kappa shape index (κ2) is 5.80. The van der Waals surface area contributed by atoms with Crippen molar-refractivity contribution in [1.29, 1.82) is 0 Å². The Hall–Kier alpha value is -1.65. The normalized spacial score (nSPS) is 17.7. The molecule has 5 nitrogen and oxygen atoms in total. The van der Waals surface area contributed by atoms with Crippen LogP contribution in [0.3, 0.4) is 0 Å². The average Bonchev–Trinajstić information content (AvgIpc) is 2.47. The highest BCUT2D eigenvalue weighted by Gasteiger charge is 2.24. The van der Waals surface area contributed by atoms with Crippen molar-refractivity contribution in [2.24, 2.45) is 5.92 Å². The van der Waals surface area contributed by atoms with Gasteiger partial charge >= 0.3 is 0 Å². The SMILES string of the molecule is CCC(C)C(=O)N1CCN(c2ncccn2)CC1. The van der Waals surface area contributed by atoms with E-state index in [1.807, 2.05) is 17.9 Å². The Kier molecular flexibility index (Phi) is 4.12. The Labute approximate surface area is 108 Å². The van der Waals surface area contributed by atoms with Crippen LogP contribution >= 0.6 is 0 Å². The summed E-state index contributed by atoms with van der Waals surface area (Å²) in [7, 11) is 0. The molecule has 0 aliphatic carbocycles. The fourth-order valence-corrected chi connectivity index (χ4v) is 2.07. The second-order valence-electron chi connectivity index (χ2n) is 4.67. The lowest BCUT2D eigenvalue weighted by atomic mass is 10.1. The standard InChI is InChI=1S/C13H20N4O/c1-3-11(2)12(18)16-7-9-17(10-8-16)13-14-5-4-6-15-13/h4-6,11H,3,7-10H2,1-2H3. The van der Waals surface area contributed by atoms with Gasteiger partial charge < -0.3 is 9.80 Å². The highest BCUT2D eigenvalue weighted by Crippen LogP contribution is 2.13. The minimum Gasteiger partial charge on any atom is -0.339 e. The molecular weight excluding hydrogens is 228 g/mol. The lowest BCUT2D eigenvalue weighted by molar-refractivity contribution is -0.135. The number of carbonyl (C=O) groups excluding carboxylic acids is 1. The van der Waals surface area contributed by atoms with Crippen LogP contribution in [0.25, 0.3) is 0 Å². The van der Waals surface area contributed by atoms with Gasteiger partial charge in [-0.05, 0) is 12.5 Å². The predicted molar refractivity (Wildman–Crippen MR) is 70.3 cm³/mol. The minimum atomic E-state index is 0.129. The van der Waals surface area contributed by atoms with Crippen LogP contribution in [0.5, 0.6) is 0 Å². The van der Waals surface area contributed by atoms with Gasteiger partial charge in [0.2, 0.25) is 11.9 Å². The molecule has 2 heterocycles. The van der Waals surface area contributed by atoms with E-state index in [2.05, 4.69) is 21.8 Å². The highest BCUT2D eigenvalue weighted by atomic mass is 16.2. The van der Waals surface area contributed by atoms with Crippen LogP contribution in [-0.2, 0) is 4.79 Å². The van der Waals surface area contributed by atoms with Gasteiger partial charge in [-0.25, -0.2) is 9.97 Å². The third kappa shape index (κ3) is 2.78. The summed E-state index contributed by atoms with van der Waals surface area (Å²) in [4.78, 5) is 24.6. The Morgan fingerprint density at radius 2 is 1.89 bits per heavy atom. The number of rotatable bonds is 3. The predicted octanol–water partition coefficient (Wildman–Crippen LogP) is 1.17. The van der Waals surface area contributed by atoms with Crippen molar-refractivity contribution in [3.63, 3.8) is 0 Å². The summed E-state index contributed by atoms with van der Waals surface area (Å²) < 4.78 is 0. The fourth-order valence-electron chi connectivity index (χ4n) is 2.07. The molecule has 1 aliphatic heterocycles. The van der Waals surface area contributed by atoms with Gasteiger partial charge in [0, 0.05) is 44.5 Å². The van der Waals surface area contributed by atoms with Crippen molar-refractivity contribution in [2.75, 3.05) is 31.1 Å². The smallest absolute Gasteiger partial charge is 0.225 e. The molecule has 1 aromatic rings. The van der Waals surface area contributed by atoms with Gasteiger partial charge in [-0.15, -0.1) is 0 Å². The molecule has 1 amide bonds. The first-order valence-corrected chi connectivity index (χ1v) is 6.53. The van der Waals surface area contributed by atoms with Gasteiger partial charge in [0.1, 0.15) is 0 Å². The van der Waals surface area contributed by atoms with E-state index in [0.717, 1.165) is 38.5 Å². The molecular formula is C13H20N4O. The van der Waals surface area contributed by atoms with Crippen molar-refractivity contribution in [3.05, 3.63) is 18.5 Å².